The van der Waals surface area contributed by atoms with Gasteiger partial charge in [-0.15, -0.1) is 0 Å². The molecular formula is C12H17ClO. The van der Waals surface area contributed by atoms with Crippen LogP contribution in [0.1, 0.15) is 39.2 Å². The van der Waals surface area contributed by atoms with Crippen LogP contribution in [0.4, 0.5) is 0 Å². The summed E-state index contributed by atoms with van der Waals surface area (Å²) in [5, 5.41) is 0.790. The summed E-state index contributed by atoms with van der Waals surface area (Å²) in [6.45, 7) is 8.27. The Morgan fingerprint density at radius 1 is 1.14 bits per heavy atom. The van der Waals surface area contributed by atoms with Gasteiger partial charge in [-0.2, -0.15) is 0 Å². The van der Waals surface area contributed by atoms with E-state index in [0.29, 0.717) is 5.92 Å². The Bertz CT molecular complexity index is 305. The number of hydrogen-bond acceptors (Lipinski definition) is 1. The van der Waals surface area contributed by atoms with Crippen LogP contribution in [0.2, 0.25) is 5.02 Å². The second-order valence-corrected chi connectivity index (χ2v) is 4.41. The highest BCUT2D eigenvalue weighted by molar-refractivity contribution is 6.31. The number of rotatable bonds is 3. The summed E-state index contributed by atoms with van der Waals surface area (Å²) in [6.07, 6.45) is 0.191. The van der Waals surface area contributed by atoms with Gasteiger partial charge in [-0.3, -0.25) is 0 Å². The molecule has 1 nitrogen and oxygen atoms in total. The molecule has 1 rings (SSSR count). The highest BCUT2D eigenvalue weighted by Crippen LogP contribution is 2.28. The molecule has 0 spiro atoms. The predicted molar refractivity (Wildman–Crippen MR) is 61.3 cm³/mol. The van der Waals surface area contributed by atoms with E-state index in [1.54, 1.807) is 0 Å². The molecule has 0 unspecified atom stereocenters. The van der Waals surface area contributed by atoms with Crippen LogP contribution in [0, 0.1) is 0 Å². The lowest BCUT2D eigenvalue weighted by atomic mass is 10.0. The normalized spacial score (nSPS) is 11.1. The molecule has 0 bridgehead atoms. The Balaban J connectivity index is 2.89. The van der Waals surface area contributed by atoms with Gasteiger partial charge in [-0.1, -0.05) is 31.5 Å². The number of hydrogen-bond donors (Lipinski definition) is 0. The van der Waals surface area contributed by atoms with E-state index in [4.69, 9.17) is 16.3 Å². The summed E-state index contributed by atoms with van der Waals surface area (Å²) in [4.78, 5) is 0. The van der Waals surface area contributed by atoms with Crippen molar-refractivity contribution < 1.29 is 4.74 Å². The van der Waals surface area contributed by atoms with Crippen molar-refractivity contribution in [2.45, 2.75) is 39.7 Å². The van der Waals surface area contributed by atoms with Gasteiger partial charge in [0, 0.05) is 5.02 Å². The topological polar surface area (TPSA) is 9.23 Å². The highest BCUT2D eigenvalue weighted by atomic mass is 35.5. The molecule has 0 saturated carbocycles. The summed E-state index contributed by atoms with van der Waals surface area (Å²) < 4.78 is 5.55. The van der Waals surface area contributed by atoms with Crippen LogP contribution in [-0.4, -0.2) is 6.10 Å². The molecule has 0 heterocycles. The summed E-state index contributed by atoms with van der Waals surface area (Å²) in [5.41, 5.74) is 1.17. The van der Waals surface area contributed by atoms with Crippen molar-refractivity contribution in [2.24, 2.45) is 0 Å². The number of halogens is 1. The van der Waals surface area contributed by atoms with Gasteiger partial charge in [0.25, 0.3) is 0 Å². The quantitative estimate of drug-likeness (QED) is 0.728. The van der Waals surface area contributed by atoms with E-state index in [1.165, 1.54) is 5.56 Å². The maximum Gasteiger partial charge on any atom is 0.121 e. The van der Waals surface area contributed by atoms with Gasteiger partial charge in [-0.05, 0) is 37.5 Å². The highest BCUT2D eigenvalue weighted by Gasteiger charge is 2.06. The first kappa shape index (κ1) is 11.4. The van der Waals surface area contributed by atoms with Gasteiger partial charge in [0.1, 0.15) is 5.75 Å². The monoisotopic (exact) mass is 212 g/mol. The van der Waals surface area contributed by atoms with E-state index in [-0.39, 0.29) is 6.10 Å². The van der Waals surface area contributed by atoms with Gasteiger partial charge >= 0.3 is 0 Å². The van der Waals surface area contributed by atoms with E-state index in [2.05, 4.69) is 13.8 Å². The standard InChI is InChI=1S/C12H17ClO/c1-8(2)11-6-5-10(7-12(11)13)14-9(3)4/h5-9H,1-4H3. The first-order valence-electron chi connectivity index (χ1n) is 4.96. The van der Waals surface area contributed by atoms with Gasteiger partial charge in [-0.25, -0.2) is 0 Å². The van der Waals surface area contributed by atoms with E-state index >= 15 is 0 Å². The molecule has 1 aromatic carbocycles. The Morgan fingerprint density at radius 3 is 2.21 bits per heavy atom. The average molecular weight is 213 g/mol. The molecule has 0 aromatic heterocycles. The second-order valence-electron chi connectivity index (χ2n) is 4.00. The Kier molecular flexibility index (Phi) is 3.82. The van der Waals surface area contributed by atoms with Crippen LogP contribution in [0.25, 0.3) is 0 Å². The van der Waals surface area contributed by atoms with Crippen molar-refractivity contribution in [3.63, 3.8) is 0 Å². The van der Waals surface area contributed by atoms with Crippen molar-refractivity contribution in [1.29, 1.82) is 0 Å². The van der Waals surface area contributed by atoms with E-state index in [9.17, 15) is 0 Å². The van der Waals surface area contributed by atoms with Crippen molar-refractivity contribution in [3.8, 4) is 5.75 Å². The van der Waals surface area contributed by atoms with Crippen molar-refractivity contribution in [3.05, 3.63) is 28.8 Å². The lowest BCUT2D eigenvalue weighted by Crippen LogP contribution is -2.05. The molecule has 0 aliphatic heterocycles. The Labute approximate surface area is 91.0 Å². The summed E-state index contributed by atoms with van der Waals surface area (Å²) in [6, 6.07) is 5.89. The fourth-order valence-electron chi connectivity index (χ4n) is 1.32. The van der Waals surface area contributed by atoms with Crippen molar-refractivity contribution in [2.75, 3.05) is 0 Å². The maximum atomic E-state index is 6.13. The lowest BCUT2D eigenvalue weighted by molar-refractivity contribution is 0.242. The molecule has 14 heavy (non-hydrogen) atoms. The molecule has 0 aliphatic carbocycles. The molecule has 0 radical (unpaired) electrons. The zero-order valence-corrected chi connectivity index (χ0v) is 9.93. The molecule has 2 heteroatoms. The van der Waals surface area contributed by atoms with Gasteiger partial charge in [0.15, 0.2) is 0 Å². The van der Waals surface area contributed by atoms with Crippen LogP contribution in [0.15, 0.2) is 18.2 Å². The van der Waals surface area contributed by atoms with Crippen molar-refractivity contribution in [1.82, 2.24) is 0 Å². The third-order valence-corrected chi connectivity index (χ3v) is 2.29. The summed E-state index contributed by atoms with van der Waals surface area (Å²) >= 11 is 6.13. The lowest BCUT2D eigenvalue weighted by Gasteiger charge is -2.13. The molecule has 0 atom stereocenters. The first-order valence-corrected chi connectivity index (χ1v) is 5.34. The summed E-state index contributed by atoms with van der Waals surface area (Å²) in [7, 11) is 0. The average Bonchev–Trinajstić information content (AvgIpc) is 2.01. The molecule has 0 saturated heterocycles. The first-order chi connectivity index (χ1) is 6.50. The zero-order chi connectivity index (χ0) is 10.7. The molecule has 0 N–H and O–H groups in total. The maximum absolute atomic E-state index is 6.13. The van der Waals surface area contributed by atoms with Gasteiger partial charge in [0.05, 0.1) is 6.10 Å². The molecule has 0 amide bonds. The second kappa shape index (κ2) is 4.70. The van der Waals surface area contributed by atoms with E-state index in [1.807, 2.05) is 32.0 Å². The van der Waals surface area contributed by atoms with Crippen LogP contribution in [-0.2, 0) is 0 Å². The SMILES string of the molecule is CC(C)Oc1ccc(C(C)C)c(Cl)c1. The van der Waals surface area contributed by atoms with Crippen LogP contribution in [0.3, 0.4) is 0 Å². The fraction of sp³-hybridized carbons (Fsp3) is 0.500. The number of benzene rings is 1. The molecular weight excluding hydrogens is 196 g/mol. The van der Waals surface area contributed by atoms with E-state index in [0.717, 1.165) is 10.8 Å². The smallest absolute Gasteiger partial charge is 0.121 e. The summed E-state index contributed by atoms with van der Waals surface area (Å²) in [5.74, 6) is 1.30. The Hall–Kier alpha value is -0.690. The minimum Gasteiger partial charge on any atom is -0.491 e. The molecule has 0 aliphatic rings. The zero-order valence-electron chi connectivity index (χ0n) is 9.17. The number of ether oxygens (including phenoxy) is 1. The third kappa shape index (κ3) is 2.91. The minimum atomic E-state index is 0.191. The van der Waals surface area contributed by atoms with Crippen LogP contribution in [0.5, 0.6) is 5.75 Å². The predicted octanol–water partition coefficient (Wildman–Crippen LogP) is 4.25. The molecule has 78 valence electrons. The van der Waals surface area contributed by atoms with Crippen molar-refractivity contribution >= 4 is 11.6 Å². The van der Waals surface area contributed by atoms with Gasteiger partial charge < -0.3 is 4.74 Å². The molecule has 1 aromatic rings. The van der Waals surface area contributed by atoms with Crippen LogP contribution < -0.4 is 4.74 Å². The van der Waals surface area contributed by atoms with E-state index < -0.39 is 0 Å². The largest absolute Gasteiger partial charge is 0.491 e. The van der Waals surface area contributed by atoms with Crippen LogP contribution >= 0.6 is 11.6 Å². The fourth-order valence-corrected chi connectivity index (χ4v) is 1.71. The third-order valence-electron chi connectivity index (χ3n) is 1.97. The Morgan fingerprint density at radius 2 is 1.79 bits per heavy atom. The minimum absolute atomic E-state index is 0.191. The van der Waals surface area contributed by atoms with Gasteiger partial charge in [0.2, 0.25) is 0 Å². The molecule has 0 fully saturated rings.